The highest BCUT2D eigenvalue weighted by Crippen LogP contribution is 2.41. The first-order valence-electron chi connectivity index (χ1n) is 9.94. The smallest absolute Gasteiger partial charge is 0.431 e. The molecule has 1 unspecified atom stereocenters. The van der Waals surface area contributed by atoms with Gasteiger partial charge in [0.15, 0.2) is 10.8 Å². The van der Waals surface area contributed by atoms with E-state index in [4.69, 9.17) is 9.47 Å². The zero-order valence-corrected chi connectivity index (χ0v) is 17.3. The molecule has 1 saturated carbocycles. The van der Waals surface area contributed by atoms with Gasteiger partial charge in [-0.25, -0.2) is 9.18 Å². The number of halogens is 1. The van der Waals surface area contributed by atoms with Crippen LogP contribution in [0.5, 0.6) is 5.06 Å². The Morgan fingerprint density at radius 3 is 2.69 bits per heavy atom. The molecule has 0 saturated heterocycles. The molecule has 2 aromatic rings. The number of ketones is 1. The van der Waals surface area contributed by atoms with E-state index in [0.29, 0.717) is 23.7 Å². The van der Waals surface area contributed by atoms with Gasteiger partial charge in [0.1, 0.15) is 5.82 Å². The summed E-state index contributed by atoms with van der Waals surface area (Å²) in [5.41, 5.74) is 1.46. The summed E-state index contributed by atoms with van der Waals surface area (Å²) >= 11 is 1.42. The third kappa shape index (κ3) is 4.51. The number of hydrogen-bond acceptors (Lipinski definition) is 6. The Labute approximate surface area is 173 Å². The van der Waals surface area contributed by atoms with Gasteiger partial charge in [-0.05, 0) is 50.8 Å². The third-order valence-electron chi connectivity index (χ3n) is 5.20. The van der Waals surface area contributed by atoms with Gasteiger partial charge in [0.25, 0.3) is 0 Å². The Morgan fingerprint density at radius 2 is 2.00 bits per heavy atom. The highest BCUT2D eigenvalue weighted by Gasteiger charge is 2.40. The molecule has 2 aliphatic rings. The van der Waals surface area contributed by atoms with Crippen LogP contribution in [0.15, 0.2) is 30.3 Å². The molecule has 0 N–H and O–H groups in total. The van der Waals surface area contributed by atoms with Crippen molar-refractivity contribution in [1.29, 1.82) is 0 Å². The van der Waals surface area contributed by atoms with Gasteiger partial charge in [-0.2, -0.15) is 0 Å². The van der Waals surface area contributed by atoms with Crippen molar-refractivity contribution in [1.82, 2.24) is 4.90 Å². The van der Waals surface area contributed by atoms with E-state index < -0.39 is 12.2 Å². The van der Waals surface area contributed by atoms with Crippen molar-refractivity contribution in [2.75, 3.05) is 6.54 Å². The molecule has 4 rings (SSSR count). The number of carbonyl (C=O) groups is 2. The standard InChI is InChI=1S/C22H24FNO4S/c1-13(2)27-22(26)28-19-11-15-12-24(10-9-18(15)29-19)20(21(25)14-7-8-14)16-5-3-4-6-17(16)23/h3-6,11,13-14,20H,7-10,12H2,1-2H3. The maximum Gasteiger partial charge on any atom is 0.514 e. The molecule has 7 heteroatoms. The van der Waals surface area contributed by atoms with Gasteiger partial charge in [-0.3, -0.25) is 9.69 Å². The van der Waals surface area contributed by atoms with Gasteiger partial charge >= 0.3 is 6.16 Å². The Balaban J connectivity index is 1.54. The summed E-state index contributed by atoms with van der Waals surface area (Å²) in [5, 5.41) is 0.485. The van der Waals surface area contributed by atoms with Crippen molar-refractivity contribution in [2.24, 2.45) is 5.92 Å². The van der Waals surface area contributed by atoms with Gasteiger partial charge in [-0.15, -0.1) is 11.3 Å². The molecule has 0 radical (unpaired) electrons. The van der Waals surface area contributed by atoms with E-state index in [2.05, 4.69) is 0 Å². The molecule has 0 spiro atoms. The van der Waals surface area contributed by atoms with Crippen molar-refractivity contribution in [2.45, 2.75) is 51.8 Å². The zero-order chi connectivity index (χ0) is 20.5. The SMILES string of the molecule is CC(C)OC(=O)Oc1cc2c(s1)CCN(C(C(=O)C1CC1)c1ccccc1F)C2. The van der Waals surface area contributed by atoms with E-state index in [1.54, 1.807) is 32.0 Å². The average molecular weight is 418 g/mol. The van der Waals surface area contributed by atoms with Crippen LogP contribution in [-0.4, -0.2) is 29.5 Å². The predicted octanol–water partition coefficient (Wildman–Crippen LogP) is 4.89. The normalized spacial score (nSPS) is 17.7. The monoisotopic (exact) mass is 417 g/mol. The van der Waals surface area contributed by atoms with Crippen molar-refractivity contribution in [3.63, 3.8) is 0 Å². The predicted molar refractivity (Wildman–Crippen MR) is 108 cm³/mol. The first-order valence-corrected chi connectivity index (χ1v) is 10.8. The van der Waals surface area contributed by atoms with Crippen molar-refractivity contribution in [3.8, 4) is 5.06 Å². The second kappa shape index (κ2) is 8.24. The third-order valence-corrected chi connectivity index (χ3v) is 6.32. The maximum absolute atomic E-state index is 14.5. The topological polar surface area (TPSA) is 55.8 Å². The van der Waals surface area contributed by atoms with Crippen LogP contribution in [0.3, 0.4) is 0 Å². The molecule has 1 atom stereocenters. The largest absolute Gasteiger partial charge is 0.514 e. The van der Waals surface area contributed by atoms with Crippen LogP contribution in [0.25, 0.3) is 0 Å². The minimum Gasteiger partial charge on any atom is -0.431 e. The summed E-state index contributed by atoms with van der Waals surface area (Å²) in [6.07, 6.45) is 1.53. The highest BCUT2D eigenvalue weighted by atomic mass is 32.1. The van der Waals surface area contributed by atoms with Crippen molar-refractivity contribution in [3.05, 3.63) is 52.2 Å². The number of Topliss-reactive ketones (excluding diaryl/α,β-unsaturated/α-hetero) is 1. The molecular weight excluding hydrogens is 393 g/mol. The molecular formula is C22H24FNO4S. The summed E-state index contributed by atoms with van der Waals surface area (Å²) in [7, 11) is 0. The van der Waals surface area contributed by atoms with Crippen LogP contribution in [0.1, 0.15) is 48.7 Å². The molecule has 29 heavy (non-hydrogen) atoms. The lowest BCUT2D eigenvalue weighted by Crippen LogP contribution is -2.38. The molecule has 1 fully saturated rings. The fraction of sp³-hybridized carbons (Fsp3) is 0.455. The average Bonchev–Trinajstić information content (AvgIpc) is 3.43. The summed E-state index contributed by atoms with van der Waals surface area (Å²) in [5.74, 6) is -0.206. The Bertz CT molecular complexity index is 921. The molecule has 1 aliphatic carbocycles. The second-order valence-electron chi connectivity index (χ2n) is 7.85. The van der Waals surface area contributed by atoms with Crippen LogP contribution >= 0.6 is 11.3 Å². The van der Waals surface area contributed by atoms with E-state index in [9.17, 15) is 14.0 Å². The fourth-order valence-corrected chi connectivity index (χ4v) is 4.72. The molecule has 0 amide bonds. The van der Waals surface area contributed by atoms with E-state index in [-0.39, 0.29) is 23.6 Å². The van der Waals surface area contributed by atoms with Crippen LogP contribution in [-0.2, 0) is 22.5 Å². The van der Waals surface area contributed by atoms with Crippen molar-refractivity contribution >= 4 is 23.3 Å². The van der Waals surface area contributed by atoms with Crippen LogP contribution < -0.4 is 4.74 Å². The van der Waals surface area contributed by atoms with Crippen LogP contribution in [0, 0.1) is 11.7 Å². The van der Waals surface area contributed by atoms with E-state index in [1.165, 1.54) is 17.4 Å². The van der Waals surface area contributed by atoms with Crippen LogP contribution in [0.4, 0.5) is 9.18 Å². The second-order valence-corrected chi connectivity index (χ2v) is 8.95. The molecule has 0 bridgehead atoms. The summed E-state index contributed by atoms with van der Waals surface area (Å²) in [6.45, 7) is 4.70. The molecule has 5 nitrogen and oxygen atoms in total. The van der Waals surface area contributed by atoms with Crippen LogP contribution in [0.2, 0.25) is 0 Å². The maximum atomic E-state index is 14.5. The number of fused-ring (bicyclic) bond motifs is 1. The Hall–Kier alpha value is -2.25. The van der Waals surface area contributed by atoms with E-state index >= 15 is 0 Å². The lowest BCUT2D eigenvalue weighted by molar-refractivity contribution is -0.126. The first-order chi connectivity index (χ1) is 13.9. The van der Waals surface area contributed by atoms with Gasteiger partial charge in [-0.1, -0.05) is 18.2 Å². The van der Waals surface area contributed by atoms with Gasteiger partial charge in [0, 0.05) is 29.4 Å². The molecule has 1 aromatic carbocycles. The highest BCUT2D eigenvalue weighted by molar-refractivity contribution is 7.14. The van der Waals surface area contributed by atoms with E-state index in [0.717, 1.165) is 29.7 Å². The molecule has 2 heterocycles. The number of benzene rings is 1. The molecule has 1 aromatic heterocycles. The van der Waals surface area contributed by atoms with Crippen molar-refractivity contribution < 1.29 is 23.5 Å². The van der Waals surface area contributed by atoms with Gasteiger partial charge in [0.2, 0.25) is 0 Å². The first kappa shape index (κ1) is 20.0. The Morgan fingerprint density at radius 1 is 1.24 bits per heavy atom. The quantitative estimate of drug-likeness (QED) is 0.627. The number of ether oxygens (including phenoxy) is 2. The number of carbonyl (C=O) groups excluding carboxylic acids is 2. The number of nitrogens with zero attached hydrogens (tertiary/aromatic N) is 1. The lowest BCUT2D eigenvalue weighted by Gasteiger charge is -2.34. The number of hydrogen-bond donors (Lipinski definition) is 0. The molecule has 1 aliphatic heterocycles. The lowest BCUT2D eigenvalue weighted by atomic mass is 9.95. The van der Waals surface area contributed by atoms with E-state index in [1.807, 2.05) is 11.0 Å². The summed E-state index contributed by atoms with van der Waals surface area (Å²) in [4.78, 5) is 28.0. The fourth-order valence-electron chi connectivity index (χ4n) is 3.71. The number of thiophene rings is 1. The number of rotatable bonds is 6. The van der Waals surface area contributed by atoms with Gasteiger partial charge in [0.05, 0.1) is 12.1 Å². The minimum absolute atomic E-state index is 0.0353. The summed E-state index contributed by atoms with van der Waals surface area (Å²) < 4.78 is 24.9. The Kier molecular flexibility index (Phi) is 5.69. The zero-order valence-electron chi connectivity index (χ0n) is 16.5. The summed E-state index contributed by atoms with van der Waals surface area (Å²) in [6, 6.07) is 7.79. The van der Waals surface area contributed by atoms with Gasteiger partial charge < -0.3 is 9.47 Å². The molecule has 154 valence electrons. The minimum atomic E-state index is -0.719.